The number of hydrogen-bond donors (Lipinski definition) is 2. The number of nitrogens with zero attached hydrogens (tertiary/aromatic N) is 3. The van der Waals surface area contributed by atoms with Crippen LogP contribution in [-0.2, 0) is 11.2 Å². The van der Waals surface area contributed by atoms with Crippen molar-refractivity contribution in [2.45, 2.75) is 36.8 Å². The topological polar surface area (TPSA) is 92.9 Å². The minimum absolute atomic E-state index is 0.164. The van der Waals surface area contributed by atoms with E-state index in [0.717, 1.165) is 16.4 Å². The van der Waals surface area contributed by atoms with Crippen LogP contribution in [0.1, 0.15) is 25.2 Å². The molecular formula is C17H19N5O2S2. The molecule has 3 aromatic rings. The average molecular weight is 390 g/mol. The van der Waals surface area contributed by atoms with Crippen LogP contribution in [0, 0.1) is 6.92 Å². The summed E-state index contributed by atoms with van der Waals surface area (Å²) in [5.41, 5.74) is 2.24. The van der Waals surface area contributed by atoms with Gasteiger partial charge in [0, 0.05) is 11.8 Å². The van der Waals surface area contributed by atoms with Gasteiger partial charge >= 0.3 is 0 Å². The van der Waals surface area contributed by atoms with Crippen molar-refractivity contribution in [3.05, 3.63) is 41.7 Å². The monoisotopic (exact) mass is 389 g/mol. The van der Waals surface area contributed by atoms with Crippen LogP contribution in [0.3, 0.4) is 0 Å². The minimum Gasteiger partial charge on any atom is -0.360 e. The number of rotatable bonds is 7. The Balaban J connectivity index is 1.55. The van der Waals surface area contributed by atoms with Crippen LogP contribution in [0.25, 0.3) is 0 Å². The Kier molecular flexibility index (Phi) is 5.89. The van der Waals surface area contributed by atoms with Crippen molar-refractivity contribution in [3.63, 3.8) is 0 Å². The third kappa shape index (κ3) is 4.83. The highest BCUT2D eigenvalue weighted by Gasteiger charge is 2.18. The molecule has 1 aromatic carbocycles. The fourth-order valence-electron chi connectivity index (χ4n) is 2.11. The van der Waals surface area contributed by atoms with Crippen LogP contribution >= 0.6 is 23.1 Å². The van der Waals surface area contributed by atoms with Gasteiger partial charge in [-0.3, -0.25) is 4.79 Å². The third-order valence-electron chi connectivity index (χ3n) is 3.55. The molecule has 7 nitrogen and oxygen atoms in total. The lowest BCUT2D eigenvalue weighted by Gasteiger charge is -2.07. The highest BCUT2D eigenvalue weighted by Crippen LogP contribution is 2.30. The van der Waals surface area contributed by atoms with Gasteiger partial charge < -0.3 is 15.2 Å². The van der Waals surface area contributed by atoms with Crippen molar-refractivity contribution < 1.29 is 9.32 Å². The Hall–Kier alpha value is -2.39. The fourth-order valence-corrected chi connectivity index (χ4v) is 4.03. The molecule has 136 valence electrons. The van der Waals surface area contributed by atoms with Gasteiger partial charge in [-0.1, -0.05) is 47.3 Å². The molecule has 9 heteroatoms. The van der Waals surface area contributed by atoms with E-state index in [4.69, 9.17) is 4.52 Å². The Morgan fingerprint density at radius 1 is 1.31 bits per heavy atom. The molecule has 1 amide bonds. The summed E-state index contributed by atoms with van der Waals surface area (Å²) in [6.07, 6.45) is 1.01. The summed E-state index contributed by atoms with van der Waals surface area (Å²) >= 11 is 2.76. The molecule has 26 heavy (non-hydrogen) atoms. The van der Waals surface area contributed by atoms with Gasteiger partial charge in [0.1, 0.15) is 5.76 Å². The second-order valence-electron chi connectivity index (χ2n) is 5.62. The zero-order valence-corrected chi connectivity index (χ0v) is 16.3. The quantitative estimate of drug-likeness (QED) is 0.583. The molecule has 0 unspecified atom stereocenters. The van der Waals surface area contributed by atoms with Gasteiger partial charge in [0.15, 0.2) is 10.2 Å². The number of aryl methyl sites for hydroxylation is 2. The number of aromatic nitrogens is 3. The molecule has 0 saturated heterocycles. The molecule has 0 saturated carbocycles. The average Bonchev–Trinajstić information content (AvgIpc) is 3.24. The van der Waals surface area contributed by atoms with Gasteiger partial charge in [-0.15, -0.1) is 10.2 Å². The predicted molar refractivity (Wildman–Crippen MR) is 104 cm³/mol. The normalized spacial score (nSPS) is 12.0. The van der Waals surface area contributed by atoms with E-state index in [1.807, 2.05) is 19.1 Å². The van der Waals surface area contributed by atoms with Crippen LogP contribution in [0.2, 0.25) is 0 Å². The number of amides is 1. The number of carbonyl (C=O) groups excluding carboxylic acids is 1. The minimum atomic E-state index is -0.336. The number of anilines is 3. The van der Waals surface area contributed by atoms with E-state index >= 15 is 0 Å². The Bertz CT molecular complexity index is 875. The lowest BCUT2D eigenvalue weighted by Crippen LogP contribution is -2.22. The maximum Gasteiger partial charge on any atom is 0.238 e. The van der Waals surface area contributed by atoms with Crippen molar-refractivity contribution >= 4 is 45.6 Å². The molecule has 0 bridgehead atoms. The third-order valence-corrected chi connectivity index (χ3v) is 5.57. The number of hydrogen-bond acceptors (Lipinski definition) is 8. The number of nitrogens with one attached hydrogen (secondary N) is 2. The van der Waals surface area contributed by atoms with E-state index in [1.165, 1.54) is 28.7 Å². The van der Waals surface area contributed by atoms with Gasteiger partial charge in [0.05, 0.1) is 5.25 Å². The number of thioether (sulfide) groups is 1. The van der Waals surface area contributed by atoms with Crippen LogP contribution in [0.4, 0.5) is 16.6 Å². The van der Waals surface area contributed by atoms with E-state index in [1.54, 1.807) is 13.0 Å². The molecule has 1 atom stereocenters. The molecule has 2 heterocycles. The summed E-state index contributed by atoms with van der Waals surface area (Å²) in [6.45, 7) is 5.70. The number of carbonyl (C=O) groups is 1. The molecule has 0 fully saturated rings. The molecule has 0 radical (unpaired) electrons. The van der Waals surface area contributed by atoms with Crippen LogP contribution in [-0.4, -0.2) is 26.5 Å². The smallest absolute Gasteiger partial charge is 0.238 e. The summed E-state index contributed by atoms with van der Waals surface area (Å²) in [5.74, 6) is 0.894. The fraction of sp³-hybridized carbons (Fsp3) is 0.294. The first kappa shape index (κ1) is 18.4. The first-order chi connectivity index (χ1) is 12.5. The van der Waals surface area contributed by atoms with Crippen molar-refractivity contribution in [2.24, 2.45) is 0 Å². The first-order valence-electron chi connectivity index (χ1n) is 8.14. The Labute approximate surface area is 159 Å². The van der Waals surface area contributed by atoms with Gasteiger partial charge in [0.25, 0.3) is 0 Å². The van der Waals surface area contributed by atoms with Crippen molar-refractivity contribution in [1.29, 1.82) is 0 Å². The van der Waals surface area contributed by atoms with Crippen molar-refractivity contribution in [1.82, 2.24) is 15.4 Å². The maximum atomic E-state index is 12.2. The zero-order chi connectivity index (χ0) is 18.5. The van der Waals surface area contributed by atoms with E-state index in [9.17, 15) is 4.79 Å². The van der Waals surface area contributed by atoms with E-state index in [0.29, 0.717) is 16.7 Å². The predicted octanol–water partition coefficient (Wildman–Crippen LogP) is 4.26. The summed E-state index contributed by atoms with van der Waals surface area (Å²) < 4.78 is 5.66. The standard InChI is InChI=1S/C17H19N5O2S2/c1-4-12-5-7-13(8-6-12)18-16-20-21-17(26-16)25-11(3)15(23)19-14-9-10(2)24-22-14/h5-9,11H,4H2,1-3H3,(H,18,20)(H,19,22,23)/t11-/m1/s1. The second-order valence-corrected chi connectivity index (χ2v) is 8.19. The molecular weight excluding hydrogens is 370 g/mol. The van der Waals surface area contributed by atoms with Crippen LogP contribution in [0.5, 0.6) is 0 Å². The SMILES string of the molecule is CCc1ccc(Nc2nnc(S[C@H](C)C(=O)Nc3cc(C)on3)s2)cc1. The van der Waals surface area contributed by atoms with Gasteiger partial charge in [0.2, 0.25) is 11.0 Å². The van der Waals surface area contributed by atoms with Crippen LogP contribution in [0.15, 0.2) is 39.2 Å². The van der Waals surface area contributed by atoms with Crippen LogP contribution < -0.4 is 10.6 Å². The molecule has 0 aliphatic rings. The molecule has 0 aliphatic heterocycles. The van der Waals surface area contributed by atoms with E-state index < -0.39 is 0 Å². The maximum absolute atomic E-state index is 12.2. The highest BCUT2D eigenvalue weighted by atomic mass is 32.2. The van der Waals surface area contributed by atoms with E-state index in [2.05, 4.69) is 45.0 Å². The van der Waals surface area contributed by atoms with Gasteiger partial charge in [-0.25, -0.2) is 0 Å². The molecule has 0 spiro atoms. The lowest BCUT2D eigenvalue weighted by molar-refractivity contribution is -0.115. The summed E-state index contributed by atoms with van der Waals surface area (Å²) in [6, 6.07) is 9.87. The summed E-state index contributed by atoms with van der Waals surface area (Å²) in [5, 5.41) is 18.3. The summed E-state index contributed by atoms with van der Waals surface area (Å²) in [4.78, 5) is 12.2. The Morgan fingerprint density at radius 2 is 2.08 bits per heavy atom. The highest BCUT2D eigenvalue weighted by molar-refractivity contribution is 8.02. The van der Waals surface area contributed by atoms with Gasteiger partial charge in [-0.05, 0) is 38.0 Å². The molecule has 3 rings (SSSR count). The largest absolute Gasteiger partial charge is 0.360 e. The molecule has 0 aliphatic carbocycles. The lowest BCUT2D eigenvalue weighted by atomic mass is 10.1. The zero-order valence-electron chi connectivity index (χ0n) is 14.6. The Morgan fingerprint density at radius 3 is 2.73 bits per heavy atom. The van der Waals surface area contributed by atoms with Crippen molar-refractivity contribution in [3.8, 4) is 0 Å². The second kappa shape index (κ2) is 8.33. The van der Waals surface area contributed by atoms with E-state index in [-0.39, 0.29) is 11.2 Å². The molecule has 2 aromatic heterocycles. The molecule has 2 N–H and O–H groups in total. The van der Waals surface area contributed by atoms with Crippen molar-refractivity contribution in [2.75, 3.05) is 10.6 Å². The summed E-state index contributed by atoms with van der Waals surface area (Å²) in [7, 11) is 0. The number of benzene rings is 1. The van der Waals surface area contributed by atoms with Gasteiger partial charge in [-0.2, -0.15) is 0 Å². The first-order valence-corrected chi connectivity index (χ1v) is 9.83.